The van der Waals surface area contributed by atoms with Crippen molar-refractivity contribution >= 4 is 52.7 Å². The lowest BCUT2D eigenvalue weighted by Gasteiger charge is -2.29. The summed E-state index contributed by atoms with van der Waals surface area (Å²) in [4.78, 5) is 81.1. The molecule has 6 rings (SSSR count). The molecule has 2 unspecified atom stereocenters. The maximum Gasteiger partial charge on any atom is 0.265 e. The van der Waals surface area contributed by atoms with E-state index in [0.29, 0.717) is 34.6 Å². The Morgan fingerprint density at radius 2 is 1.75 bits per heavy atom. The number of hydrazone groups is 1. The Labute approximate surface area is 304 Å². The Bertz CT molecular complexity index is 2050. The topological polar surface area (TPSA) is 213 Å². The van der Waals surface area contributed by atoms with Gasteiger partial charge in [-0.15, -0.1) is 0 Å². The summed E-state index contributed by atoms with van der Waals surface area (Å²) in [5.74, 6) is -2.81. The Morgan fingerprint density at radius 3 is 2.43 bits per heavy atom. The van der Waals surface area contributed by atoms with Crippen molar-refractivity contribution in [1.82, 2.24) is 25.9 Å². The fraction of sp³-hybridized carbons (Fsp3) is 0.324. The third-order valence-electron chi connectivity index (χ3n) is 9.36. The number of nitrogens with zero attached hydrogens (tertiary/aromatic N) is 4. The highest BCUT2D eigenvalue weighted by atomic mass is 16.3. The number of amides is 6. The van der Waals surface area contributed by atoms with Crippen LogP contribution in [0.25, 0.3) is 0 Å². The lowest BCUT2D eigenvalue weighted by atomic mass is 9.98. The fourth-order valence-electron chi connectivity index (χ4n) is 6.66. The van der Waals surface area contributed by atoms with Gasteiger partial charge in [0.05, 0.1) is 12.1 Å². The van der Waals surface area contributed by atoms with Crippen LogP contribution >= 0.6 is 0 Å². The van der Waals surface area contributed by atoms with Gasteiger partial charge in [0, 0.05) is 60.7 Å². The molecule has 2 atom stereocenters. The first-order chi connectivity index (χ1) is 25.3. The highest BCUT2D eigenvalue weighted by molar-refractivity contribution is 6.16. The fourth-order valence-corrected chi connectivity index (χ4v) is 6.66. The van der Waals surface area contributed by atoms with Crippen LogP contribution in [0.3, 0.4) is 0 Å². The number of piperidine rings is 1. The number of phenols is 2. The summed E-state index contributed by atoms with van der Waals surface area (Å²) < 4.78 is 0. The molecule has 3 aliphatic rings. The third kappa shape index (κ3) is 7.07. The number of rotatable bonds is 10. The zero-order valence-electron chi connectivity index (χ0n) is 29.6. The van der Waals surface area contributed by atoms with Crippen molar-refractivity contribution in [2.24, 2.45) is 5.10 Å². The van der Waals surface area contributed by atoms with Crippen LogP contribution in [-0.2, 0) is 25.7 Å². The lowest BCUT2D eigenvalue weighted by Crippen LogP contribution is -2.52. The third-order valence-corrected chi connectivity index (χ3v) is 9.36. The molecule has 16 heteroatoms. The Kier molecular flexibility index (Phi) is 10.0. The van der Waals surface area contributed by atoms with E-state index in [0.717, 1.165) is 0 Å². The highest BCUT2D eigenvalue weighted by Gasteiger charge is 2.40. The van der Waals surface area contributed by atoms with Crippen LogP contribution in [0.1, 0.15) is 76.9 Å². The number of hydrogen-bond donors (Lipinski definition) is 6. The molecule has 0 aromatic heterocycles. The molecule has 1 fully saturated rings. The van der Waals surface area contributed by atoms with Gasteiger partial charge in [-0.25, -0.2) is 0 Å². The smallest absolute Gasteiger partial charge is 0.265 e. The van der Waals surface area contributed by atoms with Crippen LogP contribution in [-0.4, -0.2) is 93.6 Å². The summed E-state index contributed by atoms with van der Waals surface area (Å²) in [5, 5.41) is 33.4. The number of imide groups is 1. The molecule has 0 aliphatic carbocycles. The predicted octanol–water partition coefficient (Wildman–Crippen LogP) is 1.93. The van der Waals surface area contributed by atoms with Gasteiger partial charge in [-0.2, -0.15) is 5.10 Å². The largest absolute Gasteiger partial charge is 0.508 e. The number of nitrogens with one attached hydrogen (secondary N) is 4. The number of fused-ring (bicyclic) bond motifs is 1. The maximum atomic E-state index is 13.5. The number of likely N-dealkylation sites (N-methyl/N-ethyl adjacent to an activating group) is 2. The molecule has 3 aliphatic heterocycles. The maximum absolute atomic E-state index is 13.5. The van der Waals surface area contributed by atoms with E-state index in [9.17, 15) is 39.0 Å². The number of phenolic OH excluding ortho intramolecular Hbond substituents is 2. The standard InChI is InChI=1S/C37H40N8O8/c1-5-38-35(51)33-42-41-32(24-15-23(19(2)3)28(46)16-29(24)47)45(33)21-11-9-20(10-12-21)36(52)43(4)18-31(49)39-26-8-6-7-22-25(26)17-44(37(22)53)27-13-14-30(48)40-34(27)50/h6-12,15-16,19,27,33,42,46-47H,5,13-14,17-18H2,1-4H3,(H,38,51)(H,39,49)(H,40,48,50). The summed E-state index contributed by atoms with van der Waals surface area (Å²) >= 11 is 0. The molecule has 276 valence electrons. The van der Waals surface area contributed by atoms with Gasteiger partial charge in [0.15, 0.2) is 5.84 Å². The van der Waals surface area contributed by atoms with E-state index in [2.05, 4.69) is 26.5 Å². The minimum atomic E-state index is -0.987. The summed E-state index contributed by atoms with van der Waals surface area (Å²) in [6, 6.07) is 13.3. The first kappa shape index (κ1) is 36.3. The molecule has 3 heterocycles. The van der Waals surface area contributed by atoms with Crippen LogP contribution in [0.4, 0.5) is 11.4 Å². The summed E-state index contributed by atoms with van der Waals surface area (Å²) in [7, 11) is 1.47. The molecular weight excluding hydrogens is 684 g/mol. The number of benzene rings is 3. The SMILES string of the molecule is CCNC(=O)C1NN=C(c2cc(C(C)C)c(O)cc2O)N1c1ccc(C(=O)N(C)CC(=O)Nc2cccc3c2CN(C2CCC(=O)NC2=O)C3=O)cc1. The quantitative estimate of drug-likeness (QED) is 0.167. The minimum Gasteiger partial charge on any atom is -0.508 e. The van der Waals surface area contributed by atoms with E-state index in [4.69, 9.17) is 0 Å². The molecule has 0 radical (unpaired) electrons. The molecule has 6 N–H and O–H groups in total. The van der Waals surface area contributed by atoms with Crippen molar-refractivity contribution in [2.45, 2.75) is 58.3 Å². The monoisotopic (exact) mass is 724 g/mol. The molecule has 1 saturated heterocycles. The average Bonchev–Trinajstić information content (AvgIpc) is 3.70. The molecule has 0 saturated carbocycles. The van der Waals surface area contributed by atoms with Crippen LogP contribution in [0.15, 0.2) is 59.7 Å². The number of carbonyl (C=O) groups is 6. The van der Waals surface area contributed by atoms with Gasteiger partial charge in [-0.3, -0.25) is 44.4 Å². The van der Waals surface area contributed by atoms with Crippen molar-refractivity contribution < 1.29 is 39.0 Å². The number of amidine groups is 1. The van der Waals surface area contributed by atoms with E-state index in [-0.39, 0.29) is 78.0 Å². The molecule has 3 aromatic carbocycles. The summed E-state index contributed by atoms with van der Waals surface area (Å²) in [6.45, 7) is 5.68. The Hall–Kier alpha value is -6.45. The average molecular weight is 725 g/mol. The van der Waals surface area contributed by atoms with Gasteiger partial charge in [-0.1, -0.05) is 19.9 Å². The molecule has 3 aromatic rings. The predicted molar refractivity (Wildman–Crippen MR) is 193 cm³/mol. The lowest BCUT2D eigenvalue weighted by molar-refractivity contribution is -0.137. The van der Waals surface area contributed by atoms with Crippen molar-refractivity contribution in [3.63, 3.8) is 0 Å². The molecule has 6 amide bonds. The summed E-state index contributed by atoms with van der Waals surface area (Å²) in [5.41, 5.74) is 5.66. The molecule has 16 nitrogen and oxygen atoms in total. The second-order valence-corrected chi connectivity index (χ2v) is 13.3. The normalized spacial score (nSPS) is 18.0. The zero-order chi connectivity index (χ0) is 38.1. The van der Waals surface area contributed by atoms with Gasteiger partial charge in [0.1, 0.15) is 17.5 Å². The second-order valence-electron chi connectivity index (χ2n) is 13.3. The van der Waals surface area contributed by atoms with E-state index >= 15 is 0 Å². The molecule has 0 spiro atoms. The van der Waals surface area contributed by atoms with Crippen molar-refractivity contribution in [2.75, 3.05) is 30.4 Å². The Morgan fingerprint density at radius 1 is 1.02 bits per heavy atom. The molecule has 0 bridgehead atoms. The zero-order valence-corrected chi connectivity index (χ0v) is 29.6. The van der Waals surface area contributed by atoms with E-state index in [1.165, 1.54) is 22.9 Å². The van der Waals surface area contributed by atoms with Crippen LogP contribution in [0.2, 0.25) is 0 Å². The van der Waals surface area contributed by atoms with Gasteiger partial charge in [-0.05, 0) is 67.3 Å². The first-order valence-corrected chi connectivity index (χ1v) is 17.2. The van der Waals surface area contributed by atoms with E-state index in [1.54, 1.807) is 60.4 Å². The number of hydrogen-bond acceptors (Lipinski definition) is 11. The second kappa shape index (κ2) is 14.7. The number of aromatic hydroxyl groups is 2. The molecular formula is C37H40N8O8. The van der Waals surface area contributed by atoms with Gasteiger partial charge in [0.2, 0.25) is 23.9 Å². The van der Waals surface area contributed by atoms with Crippen LogP contribution in [0.5, 0.6) is 11.5 Å². The van der Waals surface area contributed by atoms with E-state index in [1.807, 2.05) is 13.8 Å². The minimum absolute atomic E-state index is 0.0699. The summed E-state index contributed by atoms with van der Waals surface area (Å²) in [6.07, 6.45) is -0.660. The number of anilines is 2. The highest BCUT2D eigenvalue weighted by Crippen LogP contribution is 2.36. The van der Waals surface area contributed by atoms with Crippen molar-refractivity contribution in [3.05, 3.63) is 82.4 Å². The van der Waals surface area contributed by atoms with Gasteiger partial charge >= 0.3 is 0 Å². The van der Waals surface area contributed by atoms with Gasteiger partial charge in [0.25, 0.3) is 17.7 Å². The molecule has 53 heavy (non-hydrogen) atoms. The van der Waals surface area contributed by atoms with Crippen LogP contribution in [0, 0.1) is 0 Å². The van der Waals surface area contributed by atoms with Crippen molar-refractivity contribution in [1.29, 1.82) is 0 Å². The van der Waals surface area contributed by atoms with Gasteiger partial charge < -0.3 is 30.6 Å². The number of carbonyl (C=O) groups excluding carboxylic acids is 6. The Balaban J connectivity index is 1.16. The first-order valence-electron chi connectivity index (χ1n) is 17.2. The van der Waals surface area contributed by atoms with Crippen LogP contribution < -0.4 is 26.3 Å². The van der Waals surface area contributed by atoms with E-state index < -0.39 is 29.9 Å². The van der Waals surface area contributed by atoms with Crippen molar-refractivity contribution in [3.8, 4) is 11.5 Å².